The molecule has 1 heterocycles. The molecule has 0 radical (unpaired) electrons. The number of hydrogen-bond acceptors (Lipinski definition) is 3. The zero-order valence-corrected chi connectivity index (χ0v) is 9.28. The van der Waals surface area contributed by atoms with E-state index in [2.05, 4.69) is 13.8 Å². The Morgan fingerprint density at radius 3 is 2.00 bits per heavy atom. The van der Waals surface area contributed by atoms with Gasteiger partial charge in [0.2, 0.25) is 10.0 Å². The fourth-order valence-electron chi connectivity index (χ4n) is 1.40. The van der Waals surface area contributed by atoms with Crippen LogP contribution in [0.15, 0.2) is 0 Å². The van der Waals surface area contributed by atoms with E-state index in [9.17, 15) is 8.42 Å². The second-order valence-corrected chi connectivity index (χ2v) is 7.20. The Bertz CT molecular complexity index is 240. The molecule has 0 aliphatic carbocycles. The molecule has 1 aliphatic heterocycles. The zero-order chi connectivity index (χ0) is 9.35. The Morgan fingerprint density at radius 1 is 1.25 bits per heavy atom. The first-order chi connectivity index (χ1) is 5.39. The van der Waals surface area contributed by atoms with Gasteiger partial charge in [-0.05, 0) is 0 Å². The minimum atomic E-state index is -2.97. The lowest BCUT2D eigenvalue weighted by molar-refractivity contribution is 0.408. The fraction of sp³-hybridized carbons (Fsp3) is 1.00. The van der Waals surface area contributed by atoms with E-state index in [1.165, 1.54) is 6.26 Å². The summed E-state index contributed by atoms with van der Waals surface area (Å²) < 4.78 is 24.0. The van der Waals surface area contributed by atoms with Crippen molar-refractivity contribution in [3.63, 3.8) is 0 Å². The lowest BCUT2D eigenvalue weighted by Crippen LogP contribution is -2.43. The van der Waals surface area contributed by atoms with Gasteiger partial charge in [0.1, 0.15) is 0 Å². The molecule has 0 N–H and O–H groups in total. The van der Waals surface area contributed by atoms with Gasteiger partial charge < -0.3 is 0 Å². The Hall–Kier alpha value is 0.260. The summed E-state index contributed by atoms with van der Waals surface area (Å²) in [4.78, 5) is 0. The maximum absolute atomic E-state index is 11.2. The molecule has 2 unspecified atom stereocenters. The van der Waals surface area contributed by atoms with Gasteiger partial charge in [-0.3, -0.25) is 0 Å². The normalized spacial score (nSPS) is 33.6. The average molecular weight is 209 g/mol. The summed E-state index contributed by atoms with van der Waals surface area (Å²) in [6, 6.07) is 0. The maximum atomic E-state index is 11.2. The molecule has 1 rings (SSSR count). The van der Waals surface area contributed by atoms with Crippen LogP contribution in [0.25, 0.3) is 0 Å². The molecule has 72 valence electrons. The van der Waals surface area contributed by atoms with Gasteiger partial charge in [-0.25, -0.2) is 8.42 Å². The average Bonchev–Trinajstić information content (AvgIpc) is 1.82. The number of nitrogens with zero attached hydrogens (tertiary/aromatic N) is 1. The van der Waals surface area contributed by atoms with Crippen LogP contribution in [0, 0.1) is 0 Å². The monoisotopic (exact) mass is 209 g/mol. The van der Waals surface area contributed by atoms with Crippen molar-refractivity contribution in [2.45, 2.75) is 24.3 Å². The molecule has 1 fully saturated rings. The Labute approximate surface area is 78.6 Å². The molecule has 0 spiro atoms. The molecule has 5 heteroatoms. The summed E-state index contributed by atoms with van der Waals surface area (Å²) in [5, 5.41) is 0.840. The van der Waals surface area contributed by atoms with Crippen molar-refractivity contribution in [2.75, 3.05) is 19.3 Å². The van der Waals surface area contributed by atoms with Crippen molar-refractivity contribution in [1.82, 2.24) is 4.31 Å². The third kappa shape index (κ3) is 2.64. The Morgan fingerprint density at radius 2 is 1.67 bits per heavy atom. The van der Waals surface area contributed by atoms with Crippen LogP contribution in [-0.2, 0) is 10.0 Å². The molecule has 12 heavy (non-hydrogen) atoms. The molecule has 2 atom stereocenters. The number of sulfonamides is 1. The first kappa shape index (κ1) is 10.3. The van der Waals surface area contributed by atoms with Crippen LogP contribution in [0.5, 0.6) is 0 Å². The highest BCUT2D eigenvalue weighted by atomic mass is 32.2. The highest BCUT2D eigenvalue weighted by molar-refractivity contribution is 8.00. The van der Waals surface area contributed by atoms with Gasteiger partial charge in [0, 0.05) is 23.6 Å². The molecule has 1 aliphatic rings. The molecule has 3 nitrogen and oxygen atoms in total. The van der Waals surface area contributed by atoms with Gasteiger partial charge in [-0.1, -0.05) is 13.8 Å². The van der Waals surface area contributed by atoms with Crippen molar-refractivity contribution in [3.8, 4) is 0 Å². The zero-order valence-electron chi connectivity index (χ0n) is 7.65. The fourth-order valence-corrected chi connectivity index (χ4v) is 3.90. The summed E-state index contributed by atoms with van der Waals surface area (Å²) >= 11 is 1.85. The first-order valence-corrected chi connectivity index (χ1v) is 6.79. The quantitative estimate of drug-likeness (QED) is 0.640. The molecule has 0 amide bonds. The van der Waals surface area contributed by atoms with Crippen molar-refractivity contribution in [1.29, 1.82) is 0 Å². The van der Waals surface area contributed by atoms with E-state index in [0.29, 0.717) is 23.6 Å². The van der Waals surface area contributed by atoms with E-state index in [1.807, 2.05) is 11.8 Å². The number of hydrogen-bond donors (Lipinski definition) is 0. The predicted molar refractivity (Wildman–Crippen MR) is 52.9 cm³/mol. The van der Waals surface area contributed by atoms with Gasteiger partial charge in [0.05, 0.1) is 6.26 Å². The van der Waals surface area contributed by atoms with Crippen LogP contribution in [0.1, 0.15) is 13.8 Å². The van der Waals surface area contributed by atoms with Crippen LogP contribution in [-0.4, -0.2) is 42.6 Å². The van der Waals surface area contributed by atoms with Crippen LogP contribution in [0.2, 0.25) is 0 Å². The third-order valence-electron chi connectivity index (χ3n) is 1.86. The molecule has 0 aromatic heterocycles. The van der Waals surface area contributed by atoms with Crippen LogP contribution in [0.4, 0.5) is 0 Å². The van der Waals surface area contributed by atoms with Gasteiger partial charge >= 0.3 is 0 Å². The van der Waals surface area contributed by atoms with Gasteiger partial charge in [-0.15, -0.1) is 0 Å². The minimum absolute atomic E-state index is 0.420. The molecule has 0 bridgehead atoms. The van der Waals surface area contributed by atoms with E-state index in [-0.39, 0.29) is 0 Å². The number of rotatable bonds is 1. The largest absolute Gasteiger partial charge is 0.213 e. The molecule has 0 aromatic carbocycles. The van der Waals surface area contributed by atoms with Crippen molar-refractivity contribution in [3.05, 3.63) is 0 Å². The predicted octanol–water partition coefficient (Wildman–Crippen LogP) is 0.772. The van der Waals surface area contributed by atoms with E-state index in [1.54, 1.807) is 4.31 Å². The summed E-state index contributed by atoms with van der Waals surface area (Å²) in [5.74, 6) is 0. The highest BCUT2D eigenvalue weighted by Gasteiger charge is 2.27. The summed E-state index contributed by atoms with van der Waals surface area (Å²) in [7, 11) is -2.97. The van der Waals surface area contributed by atoms with E-state index < -0.39 is 10.0 Å². The molecule has 0 aromatic rings. The van der Waals surface area contributed by atoms with Crippen LogP contribution >= 0.6 is 11.8 Å². The number of thioether (sulfide) groups is 1. The van der Waals surface area contributed by atoms with E-state index in [4.69, 9.17) is 0 Å². The smallest absolute Gasteiger partial charge is 0.211 e. The second-order valence-electron chi connectivity index (χ2n) is 3.34. The Balaban J connectivity index is 2.68. The molecule has 0 saturated carbocycles. The highest BCUT2D eigenvalue weighted by Crippen LogP contribution is 2.25. The molecular weight excluding hydrogens is 194 g/mol. The van der Waals surface area contributed by atoms with Crippen molar-refractivity contribution >= 4 is 21.8 Å². The van der Waals surface area contributed by atoms with Crippen molar-refractivity contribution in [2.24, 2.45) is 0 Å². The van der Waals surface area contributed by atoms with Crippen LogP contribution < -0.4 is 0 Å². The second kappa shape index (κ2) is 3.55. The van der Waals surface area contributed by atoms with E-state index >= 15 is 0 Å². The Kier molecular flexibility index (Phi) is 3.06. The van der Waals surface area contributed by atoms with Crippen LogP contribution in [0.3, 0.4) is 0 Å². The summed E-state index contributed by atoms with van der Waals surface area (Å²) in [6.07, 6.45) is 1.28. The minimum Gasteiger partial charge on any atom is -0.213 e. The van der Waals surface area contributed by atoms with Gasteiger partial charge in [0.25, 0.3) is 0 Å². The SMILES string of the molecule is CC1CN(S(C)(=O)=O)CC(C)S1. The lowest BCUT2D eigenvalue weighted by Gasteiger charge is -2.32. The lowest BCUT2D eigenvalue weighted by atomic mass is 10.4. The molecular formula is C7H15NO2S2. The van der Waals surface area contributed by atoms with Gasteiger partial charge in [0.15, 0.2) is 0 Å². The maximum Gasteiger partial charge on any atom is 0.211 e. The topological polar surface area (TPSA) is 37.4 Å². The third-order valence-corrected chi connectivity index (χ3v) is 4.32. The summed E-state index contributed by atoms with van der Waals surface area (Å²) in [6.45, 7) is 5.46. The molecule has 1 saturated heterocycles. The van der Waals surface area contributed by atoms with Gasteiger partial charge in [-0.2, -0.15) is 16.1 Å². The standard InChI is InChI=1S/C7H15NO2S2/c1-6-4-8(12(3,9)10)5-7(2)11-6/h6-7H,4-5H2,1-3H3. The first-order valence-electron chi connectivity index (χ1n) is 4.00. The van der Waals surface area contributed by atoms with E-state index in [0.717, 1.165) is 0 Å². The van der Waals surface area contributed by atoms with Crippen molar-refractivity contribution < 1.29 is 8.42 Å². The summed E-state index contributed by atoms with van der Waals surface area (Å²) in [5.41, 5.74) is 0.